The Kier molecular flexibility index (Phi) is 5.02. The van der Waals surface area contributed by atoms with Gasteiger partial charge in [-0.05, 0) is 50.1 Å². The molecule has 2 atom stereocenters. The number of amides is 1. The normalized spacial score (nSPS) is 18.2. The molecule has 140 valence electrons. The van der Waals surface area contributed by atoms with Crippen molar-refractivity contribution in [1.82, 2.24) is 30.0 Å². The van der Waals surface area contributed by atoms with E-state index in [1.54, 1.807) is 18.6 Å². The number of nitrogens with one attached hydrogen (secondary N) is 2. The highest BCUT2D eigenvalue weighted by atomic mass is 16.2. The minimum absolute atomic E-state index is 0.123. The summed E-state index contributed by atoms with van der Waals surface area (Å²) in [7, 11) is 0. The maximum absolute atomic E-state index is 12.6. The SMILES string of the molecule is CC(NC(=O)c1ccn(C2CCCNC2)n1)c1cccc(-n2ccnc2)c1. The first-order valence-corrected chi connectivity index (χ1v) is 9.36. The molecule has 0 radical (unpaired) electrons. The number of nitrogens with zero attached hydrogens (tertiary/aromatic N) is 4. The number of carbonyl (C=O) groups excluding carboxylic acids is 1. The molecule has 1 saturated heterocycles. The van der Waals surface area contributed by atoms with Gasteiger partial charge in [0, 0.05) is 30.8 Å². The fourth-order valence-electron chi connectivity index (χ4n) is 3.44. The van der Waals surface area contributed by atoms with Crippen molar-refractivity contribution in [1.29, 1.82) is 0 Å². The van der Waals surface area contributed by atoms with Crippen LogP contribution in [0.1, 0.15) is 47.9 Å². The molecule has 2 aromatic heterocycles. The zero-order valence-electron chi connectivity index (χ0n) is 15.4. The summed E-state index contributed by atoms with van der Waals surface area (Å²) in [6.45, 7) is 3.94. The Balaban J connectivity index is 1.43. The lowest BCUT2D eigenvalue weighted by atomic mass is 10.1. The molecule has 4 rings (SSSR count). The topological polar surface area (TPSA) is 76.8 Å². The van der Waals surface area contributed by atoms with Gasteiger partial charge in [-0.1, -0.05) is 12.1 Å². The molecule has 27 heavy (non-hydrogen) atoms. The van der Waals surface area contributed by atoms with E-state index >= 15 is 0 Å². The van der Waals surface area contributed by atoms with Gasteiger partial charge in [-0.25, -0.2) is 4.98 Å². The van der Waals surface area contributed by atoms with Crippen molar-refractivity contribution in [3.63, 3.8) is 0 Å². The van der Waals surface area contributed by atoms with Crippen molar-refractivity contribution in [3.05, 3.63) is 66.5 Å². The molecule has 3 heterocycles. The molecule has 2 unspecified atom stereocenters. The van der Waals surface area contributed by atoms with Gasteiger partial charge in [-0.15, -0.1) is 0 Å². The molecule has 1 aliphatic rings. The molecule has 1 fully saturated rings. The molecule has 0 bridgehead atoms. The molecular formula is C20H24N6O. The van der Waals surface area contributed by atoms with E-state index in [2.05, 4.69) is 26.8 Å². The Morgan fingerprint density at radius 3 is 3.04 bits per heavy atom. The van der Waals surface area contributed by atoms with Crippen LogP contribution in [-0.2, 0) is 0 Å². The first-order valence-electron chi connectivity index (χ1n) is 9.36. The van der Waals surface area contributed by atoms with E-state index in [0.717, 1.165) is 37.2 Å². The van der Waals surface area contributed by atoms with E-state index in [9.17, 15) is 4.79 Å². The first kappa shape index (κ1) is 17.5. The summed E-state index contributed by atoms with van der Waals surface area (Å²) in [5, 5.41) is 10.9. The molecular weight excluding hydrogens is 340 g/mol. The quantitative estimate of drug-likeness (QED) is 0.729. The highest BCUT2D eigenvalue weighted by Crippen LogP contribution is 2.18. The fourth-order valence-corrected chi connectivity index (χ4v) is 3.44. The molecule has 2 N–H and O–H groups in total. The Labute approximate surface area is 158 Å². The van der Waals surface area contributed by atoms with Gasteiger partial charge in [0.05, 0.1) is 18.4 Å². The standard InChI is InChI=1S/C20H24N6O/c1-15(16-4-2-5-17(12-16)25-11-9-22-14-25)23-20(27)19-7-10-26(24-19)18-6-3-8-21-13-18/h2,4-5,7,9-12,14-15,18,21H,3,6,8,13H2,1H3,(H,23,27). The van der Waals surface area contributed by atoms with Gasteiger partial charge in [0.1, 0.15) is 5.69 Å². The van der Waals surface area contributed by atoms with Crippen molar-refractivity contribution in [2.24, 2.45) is 0 Å². The number of benzene rings is 1. The van der Waals surface area contributed by atoms with Gasteiger partial charge >= 0.3 is 0 Å². The van der Waals surface area contributed by atoms with Crippen LogP contribution >= 0.6 is 0 Å². The van der Waals surface area contributed by atoms with E-state index in [1.807, 2.05) is 46.8 Å². The zero-order valence-corrected chi connectivity index (χ0v) is 15.4. The Morgan fingerprint density at radius 1 is 1.33 bits per heavy atom. The van der Waals surface area contributed by atoms with Crippen molar-refractivity contribution in [2.45, 2.75) is 31.8 Å². The second kappa shape index (κ2) is 7.75. The lowest BCUT2D eigenvalue weighted by Crippen LogP contribution is -2.32. The molecule has 0 spiro atoms. The molecule has 3 aromatic rings. The monoisotopic (exact) mass is 364 g/mol. The van der Waals surface area contributed by atoms with Crippen molar-refractivity contribution < 1.29 is 4.79 Å². The molecule has 1 aliphatic heterocycles. The van der Waals surface area contributed by atoms with Gasteiger partial charge < -0.3 is 15.2 Å². The van der Waals surface area contributed by atoms with E-state index in [1.165, 1.54) is 0 Å². The molecule has 7 nitrogen and oxygen atoms in total. The Morgan fingerprint density at radius 2 is 2.26 bits per heavy atom. The third-order valence-corrected chi connectivity index (χ3v) is 5.01. The van der Waals surface area contributed by atoms with Crippen LogP contribution in [0, 0.1) is 0 Å². The summed E-state index contributed by atoms with van der Waals surface area (Å²) >= 11 is 0. The minimum atomic E-state index is -0.155. The summed E-state index contributed by atoms with van der Waals surface area (Å²) in [4.78, 5) is 16.7. The van der Waals surface area contributed by atoms with E-state index < -0.39 is 0 Å². The van der Waals surface area contributed by atoms with Crippen LogP contribution in [0.4, 0.5) is 0 Å². The maximum Gasteiger partial charge on any atom is 0.272 e. The summed E-state index contributed by atoms with van der Waals surface area (Å²) in [6, 6.07) is 10.1. The smallest absolute Gasteiger partial charge is 0.272 e. The molecule has 7 heteroatoms. The van der Waals surface area contributed by atoms with Gasteiger partial charge in [-0.2, -0.15) is 5.10 Å². The fraction of sp³-hybridized carbons (Fsp3) is 0.350. The number of imidazole rings is 1. The van der Waals surface area contributed by atoms with E-state index in [-0.39, 0.29) is 11.9 Å². The predicted molar refractivity (Wildman–Crippen MR) is 103 cm³/mol. The molecule has 1 aromatic carbocycles. The Bertz CT molecular complexity index is 895. The van der Waals surface area contributed by atoms with Gasteiger partial charge in [0.2, 0.25) is 0 Å². The third kappa shape index (κ3) is 3.93. The van der Waals surface area contributed by atoms with E-state index in [0.29, 0.717) is 11.7 Å². The average molecular weight is 364 g/mol. The summed E-state index contributed by atoms with van der Waals surface area (Å²) < 4.78 is 3.85. The van der Waals surface area contributed by atoms with Crippen LogP contribution in [0.15, 0.2) is 55.2 Å². The van der Waals surface area contributed by atoms with Crippen molar-refractivity contribution in [3.8, 4) is 5.69 Å². The second-order valence-electron chi connectivity index (χ2n) is 6.94. The number of hydrogen-bond acceptors (Lipinski definition) is 4. The number of aromatic nitrogens is 4. The average Bonchev–Trinajstić information content (AvgIpc) is 3.41. The second-order valence-corrected chi connectivity index (χ2v) is 6.94. The lowest BCUT2D eigenvalue weighted by Gasteiger charge is -2.22. The lowest BCUT2D eigenvalue weighted by molar-refractivity contribution is 0.0933. The van der Waals surface area contributed by atoms with Crippen LogP contribution in [0.2, 0.25) is 0 Å². The summed E-state index contributed by atoms with van der Waals surface area (Å²) in [5.41, 5.74) is 2.50. The summed E-state index contributed by atoms with van der Waals surface area (Å²) in [5.74, 6) is -0.155. The van der Waals surface area contributed by atoms with E-state index in [4.69, 9.17) is 0 Å². The highest BCUT2D eigenvalue weighted by molar-refractivity contribution is 5.92. The maximum atomic E-state index is 12.6. The summed E-state index contributed by atoms with van der Waals surface area (Å²) in [6.07, 6.45) is 9.53. The third-order valence-electron chi connectivity index (χ3n) is 5.01. The van der Waals surface area contributed by atoms with Crippen molar-refractivity contribution in [2.75, 3.05) is 13.1 Å². The Hall–Kier alpha value is -2.93. The van der Waals surface area contributed by atoms with Gasteiger partial charge in [0.25, 0.3) is 5.91 Å². The van der Waals surface area contributed by atoms with Crippen LogP contribution in [-0.4, -0.2) is 38.3 Å². The van der Waals surface area contributed by atoms with Crippen LogP contribution in [0.25, 0.3) is 5.69 Å². The van der Waals surface area contributed by atoms with Crippen LogP contribution < -0.4 is 10.6 Å². The molecule has 1 amide bonds. The number of carbonyl (C=O) groups is 1. The highest BCUT2D eigenvalue weighted by Gasteiger charge is 2.19. The zero-order chi connectivity index (χ0) is 18.6. The minimum Gasteiger partial charge on any atom is -0.344 e. The molecule has 0 aliphatic carbocycles. The number of hydrogen-bond donors (Lipinski definition) is 2. The van der Waals surface area contributed by atoms with Crippen LogP contribution in [0.3, 0.4) is 0 Å². The predicted octanol–water partition coefficient (Wildman–Crippen LogP) is 2.48. The van der Waals surface area contributed by atoms with Gasteiger partial charge in [0.15, 0.2) is 0 Å². The molecule has 0 saturated carbocycles. The number of rotatable bonds is 5. The van der Waals surface area contributed by atoms with Gasteiger partial charge in [-0.3, -0.25) is 9.48 Å². The largest absolute Gasteiger partial charge is 0.344 e. The van der Waals surface area contributed by atoms with Crippen LogP contribution in [0.5, 0.6) is 0 Å². The first-order chi connectivity index (χ1) is 13.2. The number of piperidine rings is 1. The van der Waals surface area contributed by atoms with Crippen molar-refractivity contribution >= 4 is 5.91 Å².